The van der Waals surface area contributed by atoms with Gasteiger partial charge in [-0.05, 0) is 31.2 Å². The molecule has 0 radical (unpaired) electrons. The fourth-order valence-electron chi connectivity index (χ4n) is 2.53. The van der Waals surface area contributed by atoms with Crippen LogP contribution < -0.4 is 19.5 Å². The van der Waals surface area contributed by atoms with Gasteiger partial charge in [0, 0.05) is 17.7 Å². The Morgan fingerprint density at radius 2 is 1.67 bits per heavy atom. The highest BCUT2D eigenvalue weighted by molar-refractivity contribution is 5.97. The van der Waals surface area contributed by atoms with Crippen LogP contribution in [0.1, 0.15) is 18.1 Å². The zero-order chi connectivity index (χ0) is 22.1. The highest BCUT2D eigenvalue weighted by Crippen LogP contribution is 2.35. The van der Waals surface area contributed by atoms with E-state index in [-0.39, 0.29) is 0 Å². The number of hydrogen-bond acceptors (Lipinski definition) is 7. The van der Waals surface area contributed by atoms with Crippen molar-refractivity contribution < 1.29 is 28.5 Å². The first kappa shape index (κ1) is 22.3. The smallest absolute Gasteiger partial charge is 0.331 e. The Morgan fingerprint density at radius 1 is 1.03 bits per heavy atom. The number of rotatable bonds is 8. The zero-order valence-corrected chi connectivity index (χ0v) is 17.1. The van der Waals surface area contributed by atoms with Gasteiger partial charge in [-0.25, -0.2) is 4.79 Å². The zero-order valence-electron chi connectivity index (χ0n) is 17.1. The van der Waals surface area contributed by atoms with Gasteiger partial charge in [-0.1, -0.05) is 12.1 Å². The second kappa shape index (κ2) is 10.5. The minimum atomic E-state index is -1.07. The molecule has 0 saturated heterocycles. The first-order valence-corrected chi connectivity index (χ1v) is 8.92. The summed E-state index contributed by atoms with van der Waals surface area (Å²) in [6, 6.07) is 11.8. The number of esters is 1. The SMILES string of the molecule is COc1cc(OC)c(OC)cc1/C=C/C(=O)O[C@@H](C)C(=O)Nc1ccccc1C#N. The maximum atomic E-state index is 12.3. The maximum absolute atomic E-state index is 12.3. The first-order chi connectivity index (χ1) is 14.4. The lowest BCUT2D eigenvalue weighted by atomic mass is 10.1. The van der Waals surface area contributed by atoms with Gasteiger partial charge in [0.1, 0.15) is 11.8 Å². The number of nitriles is 1. The van der Waals surface area contributed by atoms with E-state index in [2.05, 4.69) is 5.32 Å². The van der Waals surface area contributed by atoms with E-state index in [1.807, 2.05) is 6.07 Å². The second-order valence-electron chi connectivity index (χ2n) is 6.01. The molecule has 0 aliphatic rings. The van der Waals surface area contributed by atoms with Crippen molar-refractivity contribution in [2.75, 3.05) is 26.6 Å². The van der Waals surface area contributed by atoms with Crippen molar-refractivity contribution in [3.63, 3.8) is 0 Å². The average molecular weight is 410 g/mol. The molecule has 0 aliphatic carbocycles. The molecule has 1 N–H and O–H groups in total. The molecular weight excluding hydrogens is 388 g/mol. The summed E-state index contributed by atoms with van der Waals surface area (Å²) in [5, 5.41) is 11.7. The van der Waals surface area contributed by atoms with E-state index in [0.29, 0.717) is 34.1 Å². The molecule has 0 aliphatic heterocycles. The Hall–Kier alpha value is -3.99. The van der Waals surface area contributed by atoms with Crippen LogP contribution in [0.5, 0.6) is 17.2 Å². The number of anilines is 1. The van der Waals surface area contributed by atoms with Crippen LogP contribution in [0.3, 0.4) is 0 Å². The summed E-state index contributed by atoms with van der Waals surface area (Å²) in [5.74, 6) is 0.147. The lowest BCUT2D eigenvalue weighted by molar-refractivity contribution is -0.148. The number of carbonyl (C=O) groups excluding carboxylic acids is 2. The van der Waals surface area contributed by atoms with E-state index in [9.17, 15) is 9.59 Å². The number of ether oxygens (including phenoxy) is 4. The highest BCUT2D eigenvalue weighted by Gasteiger charge is 2.18. The molecule has 8 heteroatoms. The normalized spacial score (nSPS) is 11.3. The Labute approximate surface area is 174 Å². The molecule has 0 unspecified atom stereocenters. The van der Waals surface area contributed by atoms with E-state index in [0.717, 1.165) is 0 Å². The van der Waals surface area contributed by atoms with Crippen molar-refractivity contribution in [2.45, 2.75) is 13.0 Å². The van der Waals surface area contributed by atoms with Gasteiger partial charge in [0.05, 0.1) is 32.6 Å². The summed E-state index contributed by atoms with van der Waals surface area (Å²) in [4.78, 5) is 24.4. The molecule has 1 amide bonds. The average Bonchev–Trinajstić information content (AvgIpc) is 2.77. The summed E-state index contributed by atoms with van der Waals surface area (Å²) in [5.41, 5.74) is 1.22. The van der Waals surface area contributed by atoms with Crippen molar-refractivity contribution >= 4 is 23.6 Å². The van der Waals surface area contributed by atoms with Gasteiger partial charge in [0.25, 0.3) is 5.91 Å². The molecule has 0 fully saturated rings. The molecule has 30 heavy (non-hydrogen) atoms. The van der Waals surface area contributed by atoms with Crippen LogP contribution in [0.2, 0.25) is 0 Å². The molecule has 0 heterocycles. The first-order valence-electron chi connectivity index (χ1n) is 8.92. The van der Waals surface area contributed by atoms with Gasteiger partial charge < -0.3 is 24.3 Å². The van der Waals surface area contributed by atoms with E-state index in [1.165, 1.54) is 40.4 Å². The molecule has 1 atom stereocenters. The van der Waals surface area contributed by atoms with Crippen LogP contribution in [0, 0.1) is 11.3 Å². The molecular formula is C22H22N2O6. The highest BCUT2D eigenvalue weighted by atomic mass is 16.5. The Balaban J connectivity index is 2.07. The van der Waals surface area contributed by atoms with Gasteiger partial charge in [0.15, 0.2) is 17.6 Å². The van der Waals surface area contributed by atoms with Crippen LogP contribution in [-0.4, -0.2) is 39.3 Å². The molecule has 156 valence electrons. The quantitative estimate of drug-likeness (QED) is 0.526. The lowest BCUT2D eigenvalue weighted by Gasteiger charge is -2.13. The second-order valence-corrected chi connectivity index (χ2v) is 6.01. The summed E-state index contributed by atoms with van der Waals surface area (Å²) >= 11 is 0. The summed E-state index contributed by atoms with van der Waals surface area (Å²) in [7, 11) is 4.49. The topological polar surface area (TPSA) is 107 Å². The third-order valence-corrected chi connectivity index (χ3v) is 4.10. The van der Waals surface area contributed by atoms with Crippen molar-refractivity contribution in [3.05, 3.63) is 53.6 Å². The maximum Gasteiger partial charge on any atom is 0.331 e. The van der Waals surface area contributed by atoms with Crippen molar-refractivity contribution in [1.29, 1.82) is 5.26 Å². The standard InChI is InChI=1S/C22H22N2O6/c1-14(22(26)24-17-8-6-5-7-16(17)13-23)30-21(25)10-9-15-11-19(28-3)20(29-4)12-18(15)27-2/h5-12,14H,1-4H3,(H,24,26)/b10-9+/t14-/m0/s1. The minimum Gasteiger partial charge on any atom is -0.496 e. The number of carbonyl (C=O) groups is 2. The number of nitrogens with zero attached hydrogens (tertiary/aromatic N) is 1. The van der Waals surface area contributed by atoms with E-state index < -0.39 is 18.0 Å². The van der Waals surface area contributed by atoms with Crippen LogP contribution in [0.25, 0.3) is 6.08 Å². The Bertz CT molecular complexity index is 994. The third-order valence-electron chi connectivity index (χ3n) is 4.10. The fourth-order valence-corrected chi connectivity index (χ4v) is 2.53. The van der Waals surface area contributed by atoms with E-state index >= 15 is 0 Å². The minimum absolute atomic E-state index is 0.310. The number of nitrogens with one attached hydrogen (secondary N) is 1. The largest absolute Gasteiger partial charge is 0.496 e. The number of hydrogen-bond donors (Lipinski definition) is 1. The molecule has 2 rings (SSSR count). The number of benzene rings is 2. The number of methoxy groups -OCH3 is 3. The van der Waals surface area contributed by atoms with Gasteiger partial charge >= 0.3 is 5.97 Å². The number of amides is 1. The van der Waals surface area contributed by atoms with Crippen molar-refractivity contribution in [3.8, 4) is 23.3 Å². The molecule has 8 nitrogen and oxygen atoms in total. The number of para-hydroxylation sites is 1. The lowest BCUT2D eigenvalue weighted by Crippen LogP contribution is -2.29. The van der Waals surface area contributed by atoms with Crippen LogP contribution in [0.4, 0.5) is 5.69 Å². The van der Waals surface area contributed by atoms with Crippen LogP contribution in [-0.2, 0) is 14.3 Å². The van der Waals surface area contributed by atoms with Crippen molar-refractivity contribution in [1.82, 2.24) is 0 Å². The van der Waals surface area contributed by atoms with E-state index in [4.69, 9.17) is 24.2 Å². The Kier molecular flexibility index (Phi) is 7.82. The molecule has 0 bridgehead atoms. The Morgan fingerprint density at radius 3 is 2.30 bits per heavy atom. The van der Waals surface area contributed by atoms with Gasteiger partial charge in [-0.3, -0.25) is 4.79 Å². The van der Waals surface area contributed by atoms with Gasteiger partial charge in [0.2, 0.25) is 0 Å². The van der Waals surface area contributed by atoms with Gasteiger partial charge in [-0.2, -0.15) is 5.26 Å². The molecule has 0 aromatic heterocycles. The molecule has 2 aromatic carbocycles. The summed E-state index contributed by atoms with van der Waals surface area (Å²) in [6.07, 6.45) is 1.59. The van der Waals surface area contributed by atoms with Crippen LogP contribution in [0.15, 0.2) is 42.5 Å². The molecule has 2 aromatic rings. The summed E-state index contributed by atoms with van der Waals surface area (Å²) in [6.45, 7) is 1.44. The van der Waals surface area contributed by atoms with E-state index in [1.54, 1.807) is 36.4 Å². The van der Waals surface area contributed by atoms with Crippen LogP contribution >= 0.6 is 0 Å². The predicted octanol–water partition coefficient (Wildman–Crippen LogP) is 3.17. The summed E-state index contributed by atoms with van der Waals surface area (Å²) < 4.78 is 20.9. The van der Waals surface area contributed by atoms with Crippen molar-refractivity contribution in [2.24, 2.45) is 0 Å². The molecule has 0 saturated carbocycles. The van der Waals surface area contributed by atoms with Gasteiger partial charge in [-0.15, -0.1) is 0 Å². The molecule has 0 spiro atoms. The monoisotopic (exact) mass is 410 g/mol. The third kappa shape index (κ3) is 5.52. The fraction of sp³-hybridized carbons (Fsp3) is 0.227. The predicted molar refractivity (Wildman–Crippen MR) is 110 cm³/mol.